The summed E-state index contributed by atoms with van der Waals surface area (Å²) in [5, 5.41) is 0. The van der Waals surface area contributed by atoms with Gasteiger partial charge in [0.1, 0.15) is 11.6 Å². The van der Waals surface area contributed by atoms with Crippen molar-refractivity contribution in [3.8, 4) is 0 Å². The normalized spacial score (nSPS) is 27.1. The van der Waals surface area contributed by atoms with E-state index in [-0.39, 0.29) is 0 Å². The van der Waals surface area contributed by atoms with Gasteiger partial charge in [-0.25, -0.2) is 9.97 Å². The summed E-state index contributed by atoms with van der Waals surface area (Å²) in [5.41, 5.74) is 1.10. The largest absolute Gasteiger partial charge is 0.356 e. The average molecular weight is 302 g/mol. The Balaban J connectivity index is 1.72. The number of nitrogens with zero attached hydrogens (tertiary/aromatic N) is 4. The number of aryl methyl sites for hydroxylation is 1. The molecule has 0 bridgehead atoms. The summed E-state index contributed by atoms with van der Waals surface area (Å²) in [5.74, 6) is 3.72. The minimum Gasteiger partial charge on any atom is -0.356 e. The van der Waals surface area contributed by atoms with Crippen molar-refractivity contribution in [1.29, 1.82) is 0 Å². The van der Waals surface area contributed by atoms with E-state index in [0.717, 1.165) is 48.8 Å². The third kappa shape index (κ3) is 3.97. The maximum Gasteiger partial charge on any atom is 0.144 e. The van der Waals surface area contributed by atoms with Crippen molar-refractivity contribution in [3.05, 3.63) is 17.6 Å². The van der Waals surface area contributed by atoms with Gasteiger partial charge in [-0.15, -0.1) is 0 Å². The zero-order chi connectivity index (χ0) is 15.5. The second kappa shape index (κ2) is 6.95. The monoisotopic (exact) mass is 302 g/mol. The van der Waals surface area contributed by atoms with Crippen LogP contribution in [0.3, 0.4) is 0 Å². The van der Waals surface area contributed by atoms with Crippen LogP contribution in [0.2, 0.25) is 0 Å². The second-order valence-corrected chi connectivity index (χ2v) is 7.46. The van der Waals surface area contributed by atoms with Crippen LogP contribution in [-0.4, -0.2) is 41.0 Å². The fourth-order valence-electron chi connectivity index (χ4n) is 3.87. The molecule has 3 heterocycles. The van der Waals surface area contributed by atoms with Gasteiger partial charge in [0.25, 0.3) is 0 Å². The molecule has 1 aromatic heterocycles. The summed E-state index contributed by atoms with van der Waals surface area (Å²) in [6.07, 6.45) is 5.30. The smallest absolute Gasteiger partial charge is 0.144 e. The molecule has 2 aliphatic rings. The van der Waals surface area contributed by atoms with Crippen molar-refractivity contribution in [2.45, 2.75) is 53.0 Å². The van der Waals surface area contributed by atoms with Crippen LogP contribution < -0.4 is 4.90 Å². The van der Waals surface area contributed by atoms with E-state index in [1.807, 2.05) is 0 Å². The van der Waals surface area contributed by atoms with E-state index in [2.05, 4.69) is 41.6 Å². The molecule has 0 aromatic carbocycles. The van der Waals surface area contributed by atoms with Crippen LogP contribution in [0.5, 0.6) is 0 Å². The fourth-order valence-corrected chi connectivity index (χ4v) is 3.87. The third-order valence-electron chi connectivity index (χ3n) is 4.97. The first-order valence-corrected chi connectivity index (χ1v) is 8.92. The van der Waals surface area contributed by atoms with Crippen molar-refractivity contribution in [2.24, 2.45) is 11.8 Å². The molecular weight excluding hydrogens is 272 g/mol. The minimum absolute atomic E-state index is 0.774. The van der Waals surface area contributed by atoms with Crippen LogP contribution in [0.15, 0.2) is 6.07 Å². The Morgan fingerprint density at radius 2 is 1.77 bits per heavy atom. The van der Waals surface area contributed by atoms with Gasteiger partial charge in [0.15, 0.2) is 0 Å². The Labute approximate surface area is 134 Å². The lowest BCUT2D eigenvalue weighted by atomic mass is 10.0. The molecular formula is C18H30N4. The van der Waals surface area contributed by atoms with Gasteiger partial charge in [0.2, 0.25) is 0 Å². The highest BCUT2D eigenvalue weighted by molar-refractivity contribution is 5.40. The van der Waals surface area contributed by atoms with Gasteiger partial charge in [-0.1, -0.05) is 13.8 Å². The zero-order valence-corrected chi connectivity index (χ0v) is 14.4. The summed E-state index contributed by atoms with van der Waals surface area (Å²) < 4.78 is 0. The molecule has 3 rings (SSSR count). The van der Waals surface area contributed by atoms with Crippen LogP contribution in [-0.2, 0) is 6.54 Å². The number of piperidine rings is 2. The first-order valence-electron chi connectivity index (χ1n) is 8.92. The highest BCUT2D eigenvalue weighted by Gasteiger charge is 2.20. The molecule has 22 heavy (non-hydrogen) atoms. The molecule has 4 heteroatoms. The van der Waals surface area contributed by atoms with Crippen LogP contribution in [0, 0.1) is 18.8 Å². The first kappa shape index (κ1) is 15.7. The third-order valence-corrected chi connectivity index (χ3v) is 4.97. The first-order chi connectivity index (χ1) is 10.6. The van der Waals surface area contributed by atoms with E-state index in [9.17, 15) is 0 Å². The molecule has 2 aliphatic heterocycles. The predicted octanol–water partition coefficient (Wildman–Crippen LogP) is 3.25. The molecule has 122 valence electrons. The van der Waals surface area contributed by atoms with Crippen molar-refractivity contribution in [2.75, 3.05) is 31.1 Å². The Morgan fingerprint density at radius 3 is 2.50 bits per heavy atom. The number of hydrogen-bond donors (Lipinski definition) is 0. The summed E-state index contributed by atoms with van der Waals surface area (Å²) >= 11 is 0. The van der Waals surface area contributed by atoms with Crippen molar-refractivity contribution >= 4 is 5.82 Å². The number of hydrogen-bond acceptors (Lipinski definition) is 4. The maximum atomic E-state index is 4.88. The van der Waals surface area contributed by atoms with Gasteiger partial charge in [-0.2, -0.15) is 0 Å². The van der Waals surface area contributed by atoms with Crippen LogP contribution >= 0.6 is 0 Å². The predicted molar refractivity (Wildman–Crippen MR) is 91.1 cm³/mol. The summed E-state index contributed by atoms with van der Waals surface area (Å²) in [6, 6.07) is 2.15. The quantitative estimate of drug-likeness (QED) is 0.858. The molecule has 0 radical (unpaired) electrons. The van der Waals surface area contributed by atoms with Gasteiger partial charge in [-0.05, 0) is 51.0 Å². The lowest BCUT2D eigenvalue weighted by Gasteiger charge is -2.33. The van der Waals surface area contributed by atoms with E-state index in [1.54, 1.807) is 0 Å². The average Bonchev–Trinajstić information content (AvgIpc) is 2.46. The Morgan fingerprint density at radius 1 is 1.05 bits per heavy atom. The number of anilines is 1. The van der Waals surface area contributed by atoms with Crippen molar-refractivity contribution in [1.82, 2.24) is 14.9 Å². The topological polar surface area (TPSA) is 32.3 Å². The lowest BCUT2D eigenvalue weighted by Crippen LogP contribution is -2.36. The molecule has 0 saturated carbocycles. The molecule has 0 aliphatic carbocycles. The molecule has 0 N–H and O–H groups in total. The van der Waals surface area contributed by atoms with E-state index in [4.69, 9.17) is 4.98 Å². The molecule has 2 saturated heterocycles. The molecule has 4 nitrogen and oxygen atoms in total. The van der Waals surface area contributed by atoms with Crippen molar-refractivity contribution < 1.29 is 0 Å². The molecule has 2 atom stereocenters. The number of likely N-dealkylation sites (tertiary alicyclic amines) is 1. The molecule has 2 fully saturated rings. The van der Waals surface area contributed by atoms with Crippen LogP contribution in [0.4, 0.5) is 5.82 Å². The number of rotatable bonds is 3. The zero-order valence-electron chi connectivity index (χ0n) is 14.4. The standard InChI is InChI=1S/C18H30N4/c1-14-6-4-8-21(11-14)13-17-19-16(3)10-18(20-17)22-9-5-7-15(2)12-22/h10,14-15H,4-9,11-13H2,1-3H3/t14-,15-/m0/s1. The van der Waals surface area contributed by atoms with Crippen LogP contribution in [0.1, 0.15) is 51.0 Å². The van der Waals surface area contributed by atoms with E-state index in [1.165, 1.54) is 38.8 Å². The lowest BCUT2D eigenvalue weighted by molar-refractivity contribution is 0.173. The Kier molecular flexibility index (Phi) is 4.97. The molecule has 0 spiro atoms. The van der Waals surface area contributed by atoms with Gasteiger partial charge in [0, 0.05) is 31.4 Å². The van der Waals surface area contributed by atoms with E-state index < -0.39 is 0 Å². The van der Waals surface area contributed by atoms with E-state index >= 15 is 0 Å². The van der Waals surface area contributed by atoms with Crippen molar-refractivity contribution in [3.63, 3.8) is 0 Å². The molecule has 1 aromatic rings. The number of aromatic nitrogens is 2. The maximum absolute atomic E-state index is 4.88. The van der Waals surface area contributed by atoms with Gasteiger partial charge < -0.3 is 4.90 Å². The van der Waals surface area contributed by atoms with Gasteiger partial charge in [-0.3, -0.25) is 4.90 Å². The highest BCUT2D eigenvalue weighted by atomic mass is 15.2. The van der Waals surface area contributed by atoms with Gasteiger partial charge in [0.05, 0.1) is 6.54 Å². The summed E-state index contributed by atoms with van der Waals surface area (Å²) in [6.45, 7) is 12.4. The highest BCUT2D eigenvalue weighted by Crippen LogP contribution is 2.23. The summed E-state index contributed by atoms with van der Waals surface area (Å²) in [7, 11) is 0. The fraction of sp³-hybridized carbons (Fsp3) is 0.778. The minimum atomic E-state index is 0.774. The van der Waals surface area contributed by atoms with Gasteiger partial charge >= 0.3 is 0 Å². The van der Waals surface area contributed by atoms with Crippen LogP contribution in [0.25, 0.3) is 0 Å². The Hall–Kier alpha value is -1.16. The van der Waals surface area contributed by atoms with E-state index in [0.29, 0.717) is 0 Å². The molecule has 0 amide bonds. The second-order valence-electron chi connectivity index (χ2n) is 7.46. The Bertz CT molecular complexity index is 502. The SMILES string of the molecule is Cc1cc(N2CCC[C@H](C)C2)nc(CN2CCC[C@H](C)C2)n1. The summed E-state index contributed by atoms with van der Waals surface area (Å²) in [4.78, 5) is 14.5. The molecule has 0 unspecified atom stereocenters.